The highest BCUT2D eigenvalue weighted by Gasteiger charge is 2.26. The molecule has 0 spiro atoms. The van der Waals surface area contributed by atoms with Gasteiger partial charge in [-0.3, -0.25) is 0 Å². The van der Waals surface area contributed by atoms with E-state index >= 15 is 0 Å². The van der Waals surface area contributed by atoms with Gasteiger partial charge in [0.15, 0.2) is 0 Å². The molecule has 0 unspecified atom stereocenters. The normalized spacial score (nSPS) is 17.6. The molecule has 5 nitrogen and oxygen atoms in total. The van der Waals surface area contributed by atoms with Gasteiger partial charge in [-0.2, -0.15) is 4.31 Å². The quantitative estimate of drug-likeness (QED) is 0.837. The van der Waals surface area contributed by atoms with Gasteiger partial charge < -0.3 is 10.5 Å². The summed E-state index contributed by atoms with van der Waals surface area (Å²) in [6, 6.07) is 3.46. The molecule has 110 valence electrons. The van der Waals surface area contributed by atoms with Gasteiger partial charge in [-0.25, -0.2) is 12.8 Å². The number of nitrogens with zero attached hydrogens (tertiary/aromatic N) is 1. The first-order valence-corrected chi connectivity index (χ1v) is 7.95. The average molecular weight is 318 g/mol. The van der Waals surface area contributed by atoms with Crippen LogP contribution < -0.4 is 5.73 Å². The van der Waals surface area contributed by atoms with Crippen LogP contribution in [0, 0.1) is 5.82 Å². The minimum atomic E-state index is -3.69. The van der Waals surface area contributed by atoms with Gasteiger partial charge in [-0.05, 0) is 24.6 Å². The van der Waals surface area contributed by atoms with Crippen LogP contribution in [-0.2, 0) is 14.8 Å². The third-order valence-corrected chi connectivity index (χ3v) is 5.14. The van der Waals surface area contributed by atoms with Crippen LogP contribution in [0.3, 0.4) is 0 Å². The molecule has 0 radical (unpaired) electrons. The molecule has 0 saturated carbocycles. The lowest BCUT2D eigenvalue weighted by molar-refractivity contribution is 0.148. The van der Waals surface area contributed by atoms with Gasteiger partial charge in [0.2, 0.25) is 10.0 Å². The van der Waals surface area contributed by atoms with Crippen molar-refractivity contribution in [3.63, 3.8) is 0 Å². The topological polar surface area (TPSA) is 72.6 Å². The minimum Gasteiger partial charge on any atom is -0.389 e. The Kier molecular flexibility index (Phi) is 4.69. The number of benzene rings is 1. The predicted octanol–water partition coefficient (Wildman–Crippen LogP) is 0.871. The summed E-state index contributed by atoms with van der Waals surface area (Å²) in [5, 5.41) is 0. The lowest BCUT2D eigenvalue weighted by atomic mass is 10.2. The Labute approximate surface area is 122 Å². The Hall–Kier alpha value is -1.09. The lowest BCUT2D eigenvalue weighted by Gasteiger charge is -2.19. The van der Waals surface area contributed by atoms with E-state index in [0.29, 0.717) is 26.2 Å². The Balaban J connectivity index is 2.38. The van der Waals surface area contributed by atoms with Crippen LogP contribution in [0.15, 0.2) is 23.1 Å². The molecular formula is C12H15FN2O3S2. The fourth-order valence-electron chi connectivity index (χ4n) is 1.97. The number of rotatable bonds is 3. The Morgan fingerprint density at radius 1 is 1.35 bits per heavy atom. The first-order chi connectivity index (χ1) is 9.43. The maximum atomic E-state index is 13.5. The van der Waals surface area contributed by atoms with Crippen LogP contribution in [0.5, 0.6) is 0 Å². The Bertz CT molecular complexity index is 611. The number of sulfonamides is 1. The number of hydrogen-bond donors (Lipinski definition) is 1. The summed E-state index contributed by atoms with van der Waals surface area (Å²) in [6.45, 7) is 1.54. The van der Waals surface area contributed by atoms with E-state index in [1.54, 1.807) is 0 Å². The summed E-state index contributed by atoms with van der Waals surface area (Å²) < 4.78 is 45.1. The minimum absolute atomic E-state index is 0.0106. The molecule has 0 atom stereocenters. The number of thiocarbonyl (C=S) groups is 1. The van der Waals surface area contributed by atoms with Gasteiger partial charge in [0.25, 0.3) is 0 Å². The van der Waals surface area contributed by atoms with Gasteiger partial charge in [0, 0.05) is 25.3 Å². The van der Waals surface area contributed by atoms with E-state index in [-0.39, 0.29) is 22.0 Å². The molecular weight excluding hydrogens is 303 g/mol. The van der Waals surface area contributed by atoms with E-state index in [1.165, 1.54) is 16.4 Å². The summed E-state index contributed by atoms with van der Waals surface area (Å²) in [4.78, 5) is -0.178. The molecule has 0 aliphatic carbocycles. The van der Waals surface area contributed by atoms with E-state index in [4.69, 9.17) is 22.7 Å². The van der Waals surface area contributed by atoms with Crippen molar-refractivity contribution in [2.75, 3.05) is 26.3 Å². The molecule has 1 aliphatic heterocycles. The molecule has 1 saturated heterocycles. The largest absolute Gasteiger partial charge is 0.389 e. The molecule has 2 rings (SSSR count). The van der Waals surface area contributed by atoms with Crippen molar-refractivity contribution in [1.29, 1.82) is 0 Å². The molecule has 1 heterocycles. The highest BCUT2D eigenvalue weighted by molar-refractivity contribution is 7.89. The molecule has 1 aromatic carbocycles. The molecule has 20 heavy (non-hydrogen) atoms. The summed E-state index contributed by atoms with van der Waals surface area (Å²) in [7, 11) is -3.69. The summed E-state index contributed by atoms with van der Waals surface area (Å²) in [6.07, 6.45) is 0.628. The zero-order chi connectivity index (χ0) is 14.8. The fraction of sp³-hybridized carbons (Fsp3) is 0.417. The van der Waals surface area contributed by atoms with Gasteiger partial charge in [0.05, 0.1) is 11.5 Å². The maximum absolute atomic E-state index is 13.5. The number of halogens is 1. The van der Waals surface area contributed by atoms with E-state index in [2.05, 4.69) is 0 Å². The van der Waals surface area contributed by atoms with Gasteiger partial charge in [-0.1, -0.05) is 12.2 Å². The van der Waals surface area contributed by atoms with Crippen LogP contribution in [0.1, 0.15) is 12.0 Å². The predicted molar refractivity (Wildman–Crippen MR) is 76.5 cm³/mol. The number of hydrogen-bond acceptors (Lipinski definition) is 4. The van der Waals surface area contributed by atoms with E-state index in [9.17, 15) is 12.8 Å². The molecule has 2 N–H and O–H groups in total. The van der Waals surface area contributed by atoms with Crippen LogP contribution in [0.2, 0.25) is 0 Å². The van der Waals surface area contributed by atoms with Crippen molar-refractivity contribution in [3.8, 4) is 0 Å². The molecule has 0 bridgehead atoms. The smallest absolute Gasteiger partial charge is 0.243 e. The van der Waals surface area contributed by atoms with Gasteiger partial charge >= 0.3 is 0 Å². The maximum Gasteiger partial charge on any atom is 0.243 e. The second kappa shape index (κ2) is 6.13. The van der Waals surface area contributed by atoms with Crippen molar-refractivity contribution >= 4 is 27.2 Å². The second-order valence-corrected chi connectivity index (χ2v) is 6.75. The molecule has 0 amide bonds. The van der Waals surface area contributed by atoms with Crippen LogP contribution in [-0.4, -0.2) is 44.0 Å². The lowest BCUT2D eigenvalue weighted by Crippen LogP contribution is -2.33. The molecule has 1 aliphatic rings. The van der Waals surface area contributed by atoms with Crippen LogP contribution in [0.25, 0.3) is 0 Å². The summed E-state index contributed by atoms with van der Waals surface area (Å²) in [5.74, 6) is -0.629. The van der Waals surface area contributed by atoms with Crippen LogP contribution >= 0.6 is 12.2 Å². The van der Waals surface area contributed by atoms with E-state index in [1.807, 2.05) is 0 Å². The summed E-state index contributed by atoms with van der Waals surface area (Å²) in [5.41, 5.74) is 5.33. The first-order valence-electron chi connectivity index (χ1n) is 6.10. The fourth-order valence-corrected chi connectivity index (χ4v) is 3.61. The average Bonchev–Trinajstić information content (AvgIpc) is 2.67. The molecule has 1 fully saturated rings. The highest BCUT2D eigenvalue weighted by atomic mass is 32.2. The van der Waals surface area contributed by atoms with Gasteiger partial charge in [0.1, 0.15) is 10.8 Å². The van der Waals surface area contributed by atoms with Crippen molar-refractivity contribution in [2.45, 2.75) is 11.3 Å². The standard InChI is InChI=1S/C12H15FN2O3S2/c13-11-3-2-9(8-10(11)12(14)19)20(16,17)15-4-1-6-18-7-5-15/h2-3,8H,1,4-7H2,(H2,14,19). The third-order valence-electron chi connectivity index (χ3n) is 3.02. The number of ether oxygens (including phenoxy) is 1. The van der Waals surface area contributed by atoms with Crippen LogP contribution in [0.4, 0.5) is 4.39 Å². The van der Waals surface area contributed by atoms with Crippen molar-refractivity contribution < 1.29 is 17.5 Å². The second-order valence-electron chi connectivity index (χ2n) is 4.38. The zero-order valence-electron chi connectivity index (χ0n) is 10.7. The SMILES string of the molecule is NC(=S)c1cc(S(=O)(=O)N2CCCOCC2)ccc1F. The number of nitrogens with two attached hydrogens (primary N) is 1. The molecule has 1 aromatic rings. The van der Waals surface area contributed by atoms with Crippen molar-refractivity contribution in [2.24, 2.45) is 5.73 Å². The summed E-state index contributed by atoms with van der Waals surface area (Å²) >= 11 is 4.72. The van der Waals surface area contributed by atoms with Gasteiger partial charge in [-0.15, -0.1) is 0 Å². The third kappa shape index (κ3) is 3.14. The zero-order valence-corrected chi connectivity index (χ0v) is 12.3. The van der Waals surface area contributed by atoms with Crippen molar-refractivity contribution in [1.82, 2.24) is 4.31 Å². The molecule has 0 aromatic heterocycles. The Morgan fingerprint density at radius 3 is 2.80 bits per heavy atom. The van der Waals surface area contributed by atoms with Crippen molar-refractivity contribution in [3.05, 3.63) is 29.6 Å². The molecule has 8 heteroatoms. The van der Waals surface area contributed by atoms with E-state index in [0.717, 1.165) is 6.07 Å². The first kappa shape index (κ1) is 15.3. The monoisotopic (exact) mass is 318 g/mol. The highest BCUT2D eigenvalue weighted by Crippen LogP contribution is 2.20. The van der Waals surface area contributed by atoms with E-state index < -0.39 is 15.8 Å². The Morgan fingerprint density at radius 2 is 2.10 bits per heavy atom.